The standard InChI is InChI=1S/C24H40N2O5S/c1-5-7-15-32-16-13-26(24(29)25-18-19(3)4)12-14-31-21-10-8-20(9-11-21)17-22(23(27)28)30-6-2/h8-11,19,22H,5-7,12-18H2,1-4H3,(H,25,29)(H,27,28). The molecule has 0 aliphatic heterocycles. The third-order valence-electron chi connectivity index (χ3n) is 4.71. The Labute approximate surface area is 197 Å². The third-order valence-corrected chi connectivity index (χ3v) is 5.76. The van der Waals surface area contributed by atoms with Crippen molar-refractivity contribution < 1.29 is 24.2 Å². The molecule has 2 amide bonds. The van der Waals surface area contributed by atoms with Crippen LogP contribution in [0.3, 0.4) is 0 Å². The fourth-order valence-corrected chi connectivity index (χ4v) is 3.92. The first kappa shape index (κ1) is 28.1. The average Bonchev–Trinajstić information content (AvgIpc) is 2.76. The molecule has 0 saturated carbocycles. The lowest BCUT2D eigenvalue weighted by atomic mass is 10.1. The number of nitrogens with one attached hydrogen (secondary N) is 1. The second-order valence-electron chi connectivity index (χ2n) is 8.01. The first-order valence-electron chi connectivity index (χ1n) is 11.5. The van der Waals surface area contributed by atoms with Gasteiger partial charge in [-0.05, 0) is 42.7 Å². The van der Waals surface area contributed by atoms with Gasteiger partial charge in [0.2, 0.25) is 0 Å². The topological polar surface area (TPSA) is 88.1 Å². The minimum atomic E-state index is -0.962. The quantitative estimate of drug-likeness (QED) is 0.332. The van der Waals surface area contributed by atoms with Gasteiger partial charge in [0.15, 0.2) is 6.10 Å². The molecule has 7 nitrogen and oxygen atoms in total. The summed E-state index contributed by atoms with van der Waals surface area (Å²) < 4.78 is 11.1. The van der Waals surface area contributed by atoms with Gasteiger partial charge in [-0.3, -0.25) is 0 Å². The van der Waals surface area contributed by atoms with Crippen molar-refractivity contribution in [1.29, 1.82) is 0 Å². The number of benzene rings is 1. The number of hydrogen-bond donors (Lipinski definition) is 2. The number of aliphatic carboxylic acids is 1. The summed E-state index contributed by atoms with van der Waals surface area (Å²) in [5, 5.41) is 12.2. The number of nitrogens with zero attached hydrogens (tertiary/aromatic N) is 1. The van der Waals surface area contributed by atoms with Gasteiger partial charge >= 0.3 is 12.0 Å². The zero-order valence-electron chi connectivity index (χ0n) is 20.0. The Morgan fingerprint density at radius 1 is 1.12 bits per heavy atom. The van der Waals surface area contributed by atoms with Gasteiger partial charge in [0.1, 0.15) is 12.4 Å². The molecule has 1 aromatic rings. The van der Waals surface area contributed by atoms with Crippen molar-refractivity contribution in [3.05, 3.63) is 29.8 Å². The van der Waals surface area contributed by atoms with Crippen LogP contribution in [0, 0.1) is 5.92 Å². The van der Waals surface area contributed by atoms with Gasteiger partial charge in [0.25, 0.3) is 0 Å². The van der Waals surface area contributed by atoms with E-state index in [1.54, 1.807) is 6.92 Å². The highest BCUT2D eigenvalue weighted by Gasteiger charge is 2.18. The van der Waals surface area contributed by atoms with E-state index >= 15 is 0 Å². The van der Waals surface area contributed by atoms with Gasteiger partial charge in [-0.2, -0.15) is 11.8 Å². The lowest BCUT2D eigenvalue weighted by Gasteiger charge is -2.23. The molecule has 0 aromatic heterocycles. The Balaban J connectivity index is 2.53. The fourth-order valence-electron chi connectivity index (χ4n) is 2.87. The first-order valence-corrected chi connectivity index (χ1v) is 12.7. The van der Waals surface area contributed by atoms with Crippen LogP contribution in [0.2, 0.25) is 0 Å². The highest BCUT2D eigenvalue weighted by atomic mass is 32.2. The number of rotatable bonds is 17. The predicted octanol–water partition coefficient (Wildman–Crippen LogP) is 4.30. The molecule has 0 bridgehead atoms. The molecule has 0 spiro atoms. The van der Waals surface area contributed by atoms with E-state index in [-0.39, 0.29) is 6.03 Å². The van der Waals surface area contributed by atoms with Crippen molar-refractivity contribution in [1.82, 2.24) is 10.2 Å². The van der Waals surface area contributed by atoms with Crippen LogP contribution >= 0.6 is 11.8 Å². The number of urea groups is 1. The summed E-state index contributed by atoms with van der Waals surface area (Å²) in [7, 11) is 0. The van der Waals surface area contributed by atoms with Crippen LogP contribution in [-0.2, 0) is 16.0 Å². The molecule has 0 radical (unpaired) electrons. The fraction of sp³-hybridized carbons (Fsp3) is 0.667. The molecular weight excluding hydrogens is 428 g/mol. The third kappa shape index (κ3) is 12.2. The Morgan fingerprint density at radius 2 is 1.84 bits per heavy atom. The molecule has 0 fully saturated rings. The molecule has 32 heavy (non-hydrogen) atoms. The number of carboxylic acid groups (broad SMARTS) is 1. The first-order chi connectivity index (χ1) is 15.4. The minimum Gasteiger partial charge on any atom is -0.492 e. The van der Waals surface area contributed by atoms with Crippen LogP contribution in [-0.4, -0.2) is 72.5 Å². The van der Waals surface area contributed by atoms with Crippen molar-refractivity contribution in [3.63, 3.8) is 0 Å². The van der Waals surface area contributed by atoms with Gasteiger partial charge < -0.3 is 24.8 Å². The number of thioether (sulfide) groups is 1. The van der Waals surface area contributed by atoms with E-state index in [4.69, 9.17) is 9.47 Å². The summed E-state index contributed by atoms with van der Waals surface area (Å²) in [6, 6.07) is 7.29. The average molecular weight is 469 g/mol. The molecule has 1 unspecified atom stereocenters. The van der Waals surface area contributed by atoms with Gasteiger partial charge in [-0.25, -0.2) is 9.59 Å². The SMILES string of the molecule is CCCCSCCN(CCOc1ccc(CC(OCC)C(=O)O)cc1)C(=O)NCC(C)C. The maximum Gasteiger partial charge on any atom is 0.333 e. The Hall–Kier alpha value is -1.93. The number of amides is 2. The van der Waals surface area contributed by atoms with Crippen molar-refractivity contribution in [2.75, 3.05) is 44.4 Å². The lowest BCUT2D eigenvalue weighted by molar-refractivity contribution is -0.149. The van der Waals surface area contributed by atoms with Gasteiger partial charge in [0, 0.05) is 31.9 Å². The van der Waals surface area contributed by atoms with E-state index in [9.17, 15) is 14.7 Å². The zero-order valence-corrected chi connectivity index (χ0v) is 20.8. The van der Waals surface area contributed by atoms with E-state index in [2.05, 4.69) is 26.1 Å². The van der Waals surface area contributed by atoms with Crippen LogP contribution in [0.4, 0.5) is 4.79 Å². The number of unbranched alkanes of at least 4 members (excludes halogenated alkanes) is 1. The highest BCUT2D eigenvalue weighted by Crippen LogP contribution is 2.15. The monoisotopic (exact) mass is 468 g/mol. The summed E-state index contributed by atoms with van der Waals surface area (Å²) >= 11 is 1.88. The zero-order chi connectivity index (χ0) is 23.8. The van der Waals surface area contributed by atoms with Crippen LogP contribution in [0.25, 0.3) is 0 Å². The van der Waals surface area contributed by atoms with Gasteiger partial charge in [0.05, 0.1) is 6.54 Å². The van der Waals surface area contributed by atoms with Crippen molar-refractivity contribution in [3.8, 4) is 5.75 Å². The van der Waals surface area contributed by atoms with Crippen molar-refractivity contribution in [2.24, 2.45) is 5.92 Å². The van der Waals surface area contributed by atoms with Crippen molar-refractivity contribution >= 4 is 23.8 Å². The molecule has 0 saturated heterocycles. The second-order valence-corrected chi connectivity index (χ2v) is 9.24. The van der Waals surface area contributed by atoms with Crippen LogP contribution < -0.4 is 10.1 Å². The number of carboxylic acids is 1. The van der Waals surface area contributed by atoms with E-state index < -0.39 is 12.1 Å². The number of hydrogen-bond acceptors (Lipinski definition) is 5. The Morgan fingerprint density at radius 3 is 2.44 bits per heavy atom. The number of carbonyl (C=O) groups excluding carboxylic acids is 1. The van der Waals surface area contributed by atoms with E-state index in [1.807, 2.05) is 40.9 Å². The largest absolute Gasteiger partial charge is 0.492 e. The van der Waals surface area contributed by atoms with Crippen LogP contribution in [0.15, 0.2) is 24.3 Å². The number of carbonyl (C=O) groups is 2. The van der Waals surface area contributed by atoms with E-state index in [1.165, 1.54) is 12.8 Å². The number of ether oxygens (including phenoxy) is 2. The minimum absolute atomic E-state index is 0.0515. The van der Waals surface area contributed by atoms with E-state index in [0.717, 1.165) is 17.1 Å². The highest BCUT2D eigenvalue weighted by molar-refractivity contribution is 7.99. The van der Waals surface area contributed by atoms with Crippen molar-refractivity contribution in [2.45, 2.75) is 53.1 Å². The normalized spacial score (nSPS) is 11.9. The maximum absolute atomic E-state index is 12.6. The smallest absolute Gasteiger partial charge is 0.333 e. The molecule has 1 atom stereocenters. The summed E-state index contributed by atoms with van der Waals surface area (Å²) in [4.78, 5) is 25.6. The Bertz CT molecular complexity index is 654. The van der Waals surface area contributed by atoms with Gasteiger partial charge in [-0.15, -0.1) is 0 Å². The molecule has 1 rings (SSSR count). The second kappa shape index (κ2) is 16.7. The summed E-state index contributed by atoms with van der Waals surface area (Å²) in [5.41, 5.74) is 0.872. The van der Waals surface area contributed by atoms with E-state index in [0.29, 0.717) is 50.9 Å². The molecule has 0 aliphatic carbocycles. The van der Waals surface area contributed by atoms with Gasteiger partial charge in [-0.1, -0.05) is 39.3 Å². The molecule has 2 N–H and O–H groups in total. The van der Waals surface area contributed by atoms with Crippen LogP contribution in [0.5, 0.6) is 5.75 Å². The maximum atomic E-state index is 12.6. The summed E-state index contributed by atoms with van der Waals surface area (Å²) in [5.74, 6) is 2.16. The molecule has 0 heterocycles. The molecule has 182 valence electrons. The lowest BCUT2D eigenvalue weighted by Crippen LogP contribution is -2.44. The molecule has 8 heteroatoms. The molecular formula is C24H40N2O5S. The predicted molar refractivity (Wildman–Crippen MR) is 131 cm³/mol. The Kier molecular flexibility index (Phi) is 14.6. The van der Waals surface area contributed by atoms with Crippen LogP contribution in [0.1, 0.15) is 46.1 Å². The summed E-state index contributed by atoms with van der Waals surface area (Å²) in [6.45, 7) is 10.7. The molecule has 0 aliphatic rings. The summed E-state index contributed by atoms with van der Waals surface area (Å²) in [6.07, 6.45) is 1.84. The molecule has 1 aromatic carbocycles.